The third-order valence-electron chi connectivity index (χ3n) is 3.81. The highest BCUT2D eigenvalue weighted by Crippen LogP contribution is 2.48. The quantitative estimate of drug-likeness (QED) is 0.780. The van der Waals surface area contributed by atoms with Crippen LogP contribution in [0.3, 0.4) is 0 Å². The first-order chi connectivity index (χ1) is 8.28. The average molecular weight is 251 g/mol. The van der Waals surface area contributed by atoms with Crippen molar-refractivity contribution in [3.63, 3.8) is 0 Å². The lowest BCUT2D eigenvalue weighted by Crippen LogP contribution is -2.45. The fraction of sp³-hybridized carbons (Fsp3) is 0.538. The van der Waals surface area contributed by atoms with E-state index in [-0.39, 0.29) is 0 Å². The molecule has 2 fully saturated rings. The Kier molecular flexibility index (Phi) is 3.08. The first-order valence-corrected chi connectivity index (χ1v) is 7.98. The van der Waals surface area contributed by atoms with Crippen molar-refractivity contribution in [3.8, 4) is 0 Å². The summed E-state index contributed by atoms with van der Waals surface area (Å²) in [5, 5.41) is 4.08. The number of benzene rings is 1. The van der Waals surface area contributed by atoms with Gasteiger partial charge in [0.1, 0.15) is 0 Å². The maximum atomic E-state index is 12.8. The van der Waals surface area contributed by atoms with Gasteiger partial charge in [0, 0.05) is 6.04 Å². The molecule has 1 saturated heterocycles. The summed E-state index contributed by atoms with van der Waals surface area (Å²) in [6, 6.07) is 9.90. The molecule has 0 amide bonds. The van der Waals surface area contributed by atoms with Gasteiger partial charge in [-0.2, -0.15) is 0 Å². The zero-order valence-electron chi connectivity index (χ0n) is 9.84. The zero-order chi connectivity index (χ0) is 11.7. The first-order valence-electron chi connectivity index (χ1n) is 6.36. The van der Waals surface area contributed by atoms with E-state index >= 15 is 0 Å². The van der Waals surface area contributed by atoms with Crippen LogP contribution in [0.1, 0.15) is 25.7 Å². The highest BCUT2D eigenvalue weighted by atomic mass is 31.2. The van der Waals surface area contributed by atoms with E-state index in [9.17, 15) is 4.57 Å². The van der Waals surface area contributed by atoms with E-state index in [1.807, 2.05) is 30.3 Å². The van der Waals surface area contributed by atoms with Crippen LogP contribution in [0.25, 0.3) is 0 Å². The van der Waals surface area contributed by atoms with Crippen molar-refractivity contribution in [2.75, 3.05) is 6.61 Å². The molecule has 1 heterocycles. The molecule has 2 aliphatic rings. The average Bonchev–Trinajstić information content (AvgIpc) is 2.40. The molecule has 4 heteroatoms. The van der Waals surface area contributed by atoms with Crippen LogP contribution < -0.4 is 10.4 Å². The predicted octanol–water partition coefficient (Wildman–Crippen LogP) is 2.68. The summed E-state index contributed by atoms with van der Waals surface area (Å²) in [6.45, 7) is 0.643. The molecule has 1 aromatic carbocycles. The summed E-state index contributed by atoms with van der Waals surface area (Å²) >= 11 is 0. The van der Waals surface area contributed by atoms with Gasteiger partial charge in [-0.3, -0.25) is 4.57 Å². The summed E-state index contributed by atoms with van der Waals surface area (Å²) in [4.78, 5) is 0. The smallest absolute Gasteiger partial charge is 0.299 e. The predicted molar refractivity (Wildman–Crippen MR) is 68.5 cm³/mol. The summed E-state index contributed by atoms with van der Waals surface area (Å²) in [7, 11) is -2.81. The van der Waals surface area contributed by atoms with E-state index in [0.29, 0.717) is 18.6 Å². The second-order valence-corrected chi connectivity index (χ2v) is 7.10. The van der Waals surface area contributed by atoms with Gasteiger partial charge in [-0.25, -0.2) is 5.09 Å². The van der Waals surface area contributed by atoms with Crippen LogP contribution >= 0.6 is 7.52 Å². The van der Waals surface area contributed by atoms with Crippen LogP contribution in [-0.4, -0.2) is 12.6 Å². The van der Waals surface area contributed by atoms with E-state index in [2.05, 4.69) is 5.09 Å². The van der Waals surface area contributed by atoms with Gasteiger partial charge in [0.25, 0.3) is 7.52 Å². The molecule has 3 rings (SSSR count). The van der Waals surface area contributed by atoms with Gasteiger partial charge in [-0.1, -0.05) is 31.0 Å². The van der Waals surface area contributed by atoms with E-state index in [1.54, 1.807) is 0 Å². The molecule has 3 nitrogen and oxygen atoms in total. The van der Waals surface area contributed by atoms with Crippen LogP contribution in [0.4, 0.5) is 0 Å². The molecule has 1 aliphatic heterocycles. The van der Waals surface area contributed by atoms with Gasteiger partial charge in [0.05, 0.1) is 11.9 Å². The summed E-state index contributed by atoms with van der Waals surface area (Å²) in [5.41, 5.74) is 0. The van der Waals surface area contributed by atoms with Crippen LogP contribution in [-0.2, 0) is 9.09 Å². The SMILES string of the molecule is O=[P@]1(c2ccccc2)N[C@H]2CCCC[C@@H]2CO1. The molecular formula is C13H18NO2P. The number of fused-ring (bicyclic) bond motifs is 1. The second-order valence-electron chi connectivity index (χ2n) is 4.96. The van der Waals surface area contributed by atoms with E-state index in [1.165, 1.54) is 19.3 Å². The maximum Gasteiger partial charge on any atom is 0.299 e. The molecule has 0 bridgehead atoms. The third-order valence-corrected chi connectivity index (χ3v) is 5.97. The Morgan fingerprint density at radius 1 is 1.18 bits per heavy atom. The molecule has 17 heavy (non-hydrogen) atoms. The minimum Gasteiger partial charge on any atom is -0.314 e. The van der Waals surface area contributed by atoms with Crippen molar-refractivity contribution in [1.82, 2.24) is 5.09 Å². The molecular weight excluding hydrogens is 233 g/mol. The molecule has 0 spiro atoms. The highest BCUT2D eigenvalue weighted by molar-refractivity contribution is 7.65. The molecule has 1 aromatic rings. The summed E-state index contributed by atoms with van der Waals surface area (Å²) < 4.78 is 18.4. The van der Waals surface area contributed by atoms with E-state index < -0.39 is 7.52 Å². The molecule has 3 atom stereocenters. The number of hydrogen-bond acceptors (Lipinski definition) is 2. The van der Waals surface area contributed by atoms with Gasteiger partial charge >= 0.3 is 0 Å². The van der Waals surface area contributed by atoms with Gasteiger partial charge in [-0.15, -0.1) is 0 Å². The van der Waals surface area contributed by atoms with Crippen molar-refractivity contribution in [3.05, 3.63) is 30.3 Å². The first kappa shape index (κ1) is 11.5. The van der Waals surface area contributed by atoms with Crippen LogP contribution in [0.15, 0.2) is 30.3 Å². The Balaban J connectivity index is 1.83. The molecule has 1 aliphatic carbocycles. The van der Waals surface area contributed by atoms with Gasteiger partial charge < -0.3 is 4.52 Å². The normalized spacial score (nSPS) is 37.4. The number of rotatable bonds is 1. The van der Waals surface area contributed by atoms with Crippen LogP contribution in [0, 0.1) is 5.92 Å². The van der Waals surface area contributed by atoms with Gasteiger partial charge in [0.15, 0.2) is 0 Å². The number of nitrogens with one attached hydrogen (secondary N) is 1. The molecule has 0 aromatic heterocycles. The Bertz CT molecular complexity index is 434. The Hall–Kier alpha value is -0.630. The minimum absolute atomic E-state index is 0.378. The molecule has 0 unspecified atom stereocenters. The Labute approximate surface area is 102 Å². The van der Waals surface area contributed by atoms with Crippen LogP contribution in [0.2, 0.25) is 0 Å². The zero-order valence-corrected chi connectivity index (χ0v) is 10.7. The van der Waals surface area contributed by atoms with Gasteiger partial charge in [0.2, 0.25) is 0 Å². The lowest BCUT2D eigenvalue weighted by molar-refractivity contribution is 0.148. The fourth-order valence-corrected chi connectivity index (χ4v) is 4.92. The monoisotopic (exact) mass is 251 g/mol. The lowest BCUT2D eigenvalue weighted by atomic mass is 9.86. The van der Waals surface area contributed by atoms with Crippen molar-refractivity contribution in [2.24, 2.45) is 5.92 Å². The maximum absolute atomic E-state index is 12.8. The molecule has 0 radical (unpaired) electrons. The molecule has 92 valence electrons. The molecule has 1 saturated carbocycles. The third kappa shape index (κ3) is 2.20. The van der Waals surface area contributed by atoms with E-state index in [0.717, 1.165) is 11.7 Å². The molecule has 1 N–H and O–H groups in total. The lowest BCUT2D eigenvalue weighted by Gasteiger charge is -2.39. The Morgan fingerprint density at radius 3 is 2.76 bits per heavy atom. The van der Waals surface area contributed by atoms with Crippen LogP contribution in [0.5, 0.6) is 0 Å². The Morgan fingerprint density at radius 2 is 1.94 bits per heavy atom. The summed E-state index contributed by atoms with van der Waals surface area (Å²) in [5.74, 6) is 0.550. The largest absolute Gasteiger partial charge is 0.314 e. The second kappa shape index (κ2) is 4.56. The topological polar surface area (TPSA) is 38.3 Å². The minimum atomic E-state index is -2.81. The van der Waals surface area contributed by atoms with Crippen molar-refractivity contribution in [2.45, 2.75) is 31.7 Å². The van der Waals surface area contributed by atoms with Crippen molar-refractivity contribution in [1.29, 1.82) is 0 Å². The van der Waals surface area contributed by atoms with E-state index in [4.69, 9.17) is 4.52 Å². The highest BCUT2D eigenvalue weighted by Gasteiger charge is 2.39. The van der Waals surface area contributed by atoms with Crippen molar-refractivity contribution < 1.29 is 9.09 Å². The standard InChI is InChI=1S/C13H18NO2P/c15-17(12-7-2-1-3-8-12)14-13-9-5-4-6-11(13)10-16-17/h1-3,7-8,11,13H,4-6,9-10H2,(H,14,15)/t11-,13+,17+/m1/s1. The number of hydrogen-bond donors (Lipinski definition) is 1. The summed E-state index contributed by atoms with van der Waals surface area (Å²) in [6.07, 6.45) is 4.85. The fourth-order valence-electron chi connectivity index (χ4n) is 2.81. The van der Waals surface area contributed by atoms with Gasteiger partial charge in [-0.05, 0) is 30.9 Å². The van der Waals surface area contributed by atoms with Crippen molar-refractivity contribution >= 4 is 12.8 Å².